The summed E-state index contributed by atoms with van der Waals surface area (Å²) >= 11 is 6.04. The molecule has 10 nitrogen and oxygen atoms in total. The summed E-state index contributed by atoms with van der Waals surface area (Å²) in [5.41, 5.74) is 0.966. The molecule has 2 amide bonds. The SMILES string of the molecule is COC1N(CCCNC(C)=O)C(=O)c2c(nc(Oc3cccc(OC(F)(F)F)c3)n2Cc2ccc(Cl)cc2)N1C. The Balaban J connectivity index is 1.73. The molecule has 40 heavy (non-hydrogen) atoms. The molecule has 14 heteroatoms. The molecule has 2 aromatic carbocycles. The van der Waals surface area contributed by atoms with E-state index in [0.29, 0.717) is 18.0 Å². The molecule has 1 atom stereocenters. The van der Waals surface area contributed by atoms with Gasteiger partial charge in [-0.05, 0) is 36.2 Å². The first kappa shape index (κ1) is 29.0. The van der Waals surface area contributed by atoms with Crippen molar-refractivity contribution in [2.45, 2.75) is 32.6 Å². The van der Waals surface area contributed by atoms with Gasteiger partial charge >= 0.3 is 12.4 Å². The van der Waals surface area contributed by atoms with Crippen LogP contribution in [0.2, 0.25) is 5.02 Å². The van der Waals surface area contributed by atoms with Crippen molar-refractivity contribution in [1.29, 1.82) is 0 Å². The fraction of sp³-hybridized carbons (Fsp3) is 0.346. The molecule has 2 heterocycles. The number of carbonyl (C=O) groups excluding carboxylic acids is 2. The van der Waals surface area contributed by atoms with E-state index in [1.807, 2.05) is 0 Å². The number of fused-ring (bicyclic) bond motifs is 1. The van der Waals surface area contributed by atoms with Crippen molar-refractivity contribution in [3.05, 3.63) is 64.8 Å². The Kier molecular flexibility index (Phi) is 8.74. The Morgan fingerprint density at radius 2 is 1.85 bits per heavy atom. The molecule has 0 saturated carbocycles. The molecule has 1 aliphatic heterocycles. The van der Waals surface area contributed by atoms with Crippen LogP contribution in [0.15, 0.2) is 48.5 Å². The maximum Gasteiger partial charge on any atom is 0.573 e. The number of nitrogens with one attached hydrogen (secondary N) is 1. The van der Waals surface area contributed by atoms with Crippen LogP contribution in [0.5, 0.6) is 17.5 Å². The number of nitrogens with zero attached hydrogens (tertiary/aromatic N) is 4. The lowest BCUT2D eigenvalue weighted by molar-refractivity contribution is -0.274. The minimum Gasteiger partial charge on any atom is -0.425 e. The van der Waals surface area contributed by atoms with Gasteiger partial charge in [-0.3, -0.25) is 19.1 Å². The molecule has 3 aromatic rings. The predicted molar refractivity (Wildman–Crippen MR) is 140 cm³/mol. The highest BCUT2D eigenvalue weighted by Crippen LogP contribution is 2.36. The molecule has 1 aliphatic rings. The lowest BCUT2D eigenvalue weighted by Crippen LogP contribution is -2.55. The number of rotatable bonds is 10. The minimum atomic E-state index is -4.88. The van der Waals surface area contributed by atoms with Gasteiger partial charge in [-0.2, -0.15) is 4.98 Å². The quantitative estimate of drug-likeness (QED) is 0.349. The summed E-state index contributed by atoms with van der Waals surface area (Å²) in [5.74, 6) is -0.759. The Labute approximate surface area is 233 Å². The van der Waals surface area contributed by atoms with Crippen LogP contribution < -0.4 is 19.7 Å². The van der Waals surface area contributed by atoms with Gasteiger partial charge < -0.3 is 24.4 Å². The zero-order chi connectivity index (χ0) is 29.0. The van der Waals surface area contributed by atoms with Crippen molar-refractivity contribution in [3.63, 3.8) is 0 Å². The number of methoxy groups -OCH3 is 1. The molecular weight excluding hydrogens is 555 g/mol. The van der Waals surface area contributed by atoms with Gasteiger partial charge in [-0.15, -0.1) is 13.2 Å². The van der Waals surface area contributed by atoms with Crippen molar-refractivity contribution >= 4 is 29.2 Å². The highest BCUT2D eigenvalue weighted by atomic mass is 35.5. The van der Waals surface area contributed by atoms with Gasteiger partial charge in [0.15, 0.2) is 11.5 Å². The van der Waals surface area contributed by atoms with Gasteiger partial charge in [0.25, 0.3) is 5.91 Å². The molecule has 0 fully saturated rings. The van der Waals surface area contributed by atoms with Gasteiger partial charge in [-0.1, -0.05) is 29.8 Å². The Morgan fingerprint density at radius 1 is 1.15 bits per heavy atom. The second kappa shape index (κ2) is 12.0. The summed E-state index contributed by atoms with van der Waals surface area (Å²) in [7, 11) is 3.15. The fourth-order valence-electron chi connectivity index (χ4n) is 4.28. The molecular formula is C26H27ClF3N5O5. The number of ether oxygens (including phenoxy) is 3. The van der Waals surface area contributed by atoms with Gasteiger partial charge in [0.2, 0.25) is 12.3 Å². The molecule has 1 unspecified atom stereocenters. The summed E-state index contributed by atoms with van der Waals surface area (Å²) in [6.45, 7) is 2.18. The Morgan fingerprint density at radius 3 is 2.50 bits per heavy atom. The fourth-order valence-corrected chi connectivity index (χ4v) is 4.40. The first-order valence-corrected chi connectivity index (χ1v) is 12.5. The Hall–Kier alpha value is -3.97. The molecule has 0 radical (unpaired) electrons. The van der Waals surface area contributed by atoms with Gasteiger partial charge in [-0.25, -0.2) is 0 Å². The maximum atomic E-state index is 13.9. The van der Waals surface area contributed by atoms with E-state index >= 15 is 0 Å². The first-order chi connectivity index (χ1) is 19.0. The van der Waals surface area contributed by atoms with E-state index in [-0.39, 0.29) is 42.3 Å². The number of alkyl halides is 3. The molecule has 1 N–H and O–H groups in total. The van der Waals surface area contributed by atoms with Crippen LogP contribution in [0.1, 0.15) is 29.4 Å². The van der Waals surface area contributed by atoms with E-state index in [1.54, 1.807) is 40.8 Å². The summed E-state index contributed by atoms with van der Waals surface area (Å²) < 4.78 is 55.4. The zero-order valence-corrected chi connectivity index (χ0v) is 22.6. The molecule has 214 valence electrons. The number of aromatic nitrogens is 2. The number of carbonyl (C=O) groups is 2. The summed E-state index contributed by atoms with van der Waals surface area (Å²) in [4.78, 5) is 32.8. The third kappa shape index (κ3) is 6.77. The van der Waals surface area contributed by atoms with Crippen LogP contribution in [-0.2, 0) is 16.1 Å². The average molecular weight is 582 g/mol. The third-order valence-corrected chi connectivity index (χ3v) is 6.22. The molecule has 0 saturated heterocycles. The van der Waals surface area contributed by atoms with Crippen molar-refractivity contribution in [2.75, 3.05) is 32.1 Å². The normalized spacial score (nSPS) is 15.2. The third-order valence-electron chi connectivity index (χ3n) is 5.97. The second-order valence-electron chi connectivity index (χ2n) is 8.91. The number of anilines is 1. The largest absolute Gasteiger partial charge is 0.573 e. The zero-order valence-electron chi connectivity index (χ0n) is 21.9. The van der Waals surface area contributed by atoms with Crippen LogP contribution >= 0.6 is 11.6 Å². The number of halogens is 4. The predicted octanol–water partition coefficient (Wildman–Crippen LogP) is 4.62. The summed E-state index contributed by atoms with van der Waals surface area (Å²) in [5, 5.41) is 3.23. The monoisotopic (exact) mass is 581 g/mol. The topological polar surface area (TPSA) is 98.2 Å². The standard InChI is InChI=1S/C26H27ClF3N5O5/c1-16(36)31-12-5-13-34-23(37)21-22(33(2)25(34)38-3)32-24(35(21)15-17-8-10-18(27)11-9-17)39-19-6-4-7-20(14-19)40-26(28,29)30/h4,6-11,14,25H,5,12-13,15H2,1-3H3,(H,31,36). The van der Waals surface area contributed by atoms with Gasteiger partial charge in [0.05, 0.1) is 6.54 Å². The van der Waals surface area contributed by atoms with Crippen molar-refractivity contribution in [2.24, 2.45) is 0 Å². The van der Waals surface area contributed by atoms with Crippen molar-refractivity contribution < 1.29 is 37.0 Å². The van der Waals surface area contributed by atoms with Crippen LogP contribution in [0.3, 0.4) is 0 Å². The van der Waals surface area contributed by atoms with Crippen LogP contribution in [0, 0.1) is 0 Å². The minimum absolute atomic E-state index is 0.0204. The number of amides is 2. The van der Waals surface area contributed by atoms with E-state index in [2.05, 4.69) is 15.0 Å². The van der Waals surface area contributed by atoms with Crippen molar-refractivity contribution in [3.8, 4) is 17.5 Å². The number of imidazole rings is 1. The molecule has 0 spiro atoms. The smallest absolute Gasteiger partial charge is 0.425 e. The van der Waals surface area contributed by atoms with Crippen LogP contribution in [0.4, 0.5) is 19.0 Å². The Bertz CT molecular complexity index is 1370. The number of hydrogen-bond acceptors (Lipinski definition) is 7. The number of benzene rings is 2. The second-order valence-corrected chi connectivity index (χ2v) is 9.35. The van der Waals surface area contributed by atoms with Gasteiger partial charge in [0, 0.05) is 45.3 Å². The van der Waals surface area contributed by atoms with Gasteiger partial charge in [0.1, 0.15) is 11.5 Å². The lowest BCUT2D eigenvalue weighted by Gasteiger charge is -2.40. The highest BCUT2D eigenvalue weighted by molar-refractivity contribution is 6.30. The van der Waals surface area contributed by atoms with Crippen LogP contribution in [0.25, 0.3) is 0 Å². The molecule has 0 aliphatic carbocycles. The summed E-state index contributed by atoms with van der Waals surface area (Å²) in [6, 6.07) is 11.9. The summed E-state index contributed by atoms with van der Waals surface area (Å²) in [6.07, 6.45) is -5.21. The van der Waals surface area contributed by atoms with E-state index in [9.17, 15) is 22.8 Å². The number of hydrogen-bond donors (Lipinski definition) is 1. The first-order valence-electron chi connectivity index (χ1n) is 12.2. The van der Waals surface area contributed by atoms with Crippen LogP contribution in [-0.4, -0.2) is 66.2 Å². The van der Waals surface area contributed by atoms with Crippen molar-refractivity contribution in [1.82, 2.24) is 19.8 Å². The van der Waals surface area contributed by atoms with E-state index in [1.165, 1.54) is 31.1 Å². The van der Waals surface area contributed by atoms with E-state index in [4.69, 9.17) is 21.1 Å². The molecule has 4 rings (SSSR count). The van der Waals surface area contributed by atoms with E-state index in [0.717, 1.165) is 17.7 Å². The van der Waals surface area contributed by atoms with E-state index < -0.39 is 24.4 Å². The highest BCUT2D eigenvalue weighted by Gasteiger charge is 2.41. The average Bonchev–Trinajstić information content (AvgIpc) is 3.23. The maximum absolute atomic E-state index is 13.9. The lowest BCUT2D eigenvalue weighted by atomic mass is 10.2. The molecule has 0 bridgehead atoms. The molecule has 1 aromatic heterocycles.